The second kappa shape index (κ2) is 16.7. The maximum Gasteiger partial charge on any atom is 0.330 e. The van der Waals surface area contributed by atoms with E-state index >= 15 is 0 Å². The largest absolute Gasteiger partial charge is 0.460 e. The summed E-state index contributed by atoms with van der Waals surface area (Å²) in [6, 6.07) is 0. The Balaban J connectivity index is 2.97. The fourth-order valence-corrected chi connectivity index (χ4v) is 6.79. The zero-order chi connectivity index (χ0) is 34.1. The number of methoxy groups -OCH3 is 1. The summed E-state index contributed by atoms with van der Waals surface area (Å²) < 4.78 is 30.8. The normalized spacial score (nSPS) is 16.8. The molecule has 5 atom stereocenters. The summed E-state index contributed by atoms with van der Waals surface area (Å²) in [5.74, 6) is 0.576. The van der Waals surface area contributed by atoms with E-state index in [0.717, 1.165) is 30.5 Å². The van der Waals surface area contributed by atoms with Gasteiger partial charge in [0, 0.05) is 25.5 Å². The Hall–Kier alpha value is -1.79. The number of rotatable bonds is 18. The van der Waals surface area contributed by atoms with Crippen LogP contribution in [-0.2, 0) is 29.5 Å². The molecular weight excluding hydrogens is 587 g/mol. The van der Waals surface area contributed by atoms with Gasteiger partial charge in [-0.1, -0.05) is 74.1 Å². The molecule has 1 rings (SSSR count). The van der Waals surface area contributed by atoms with E-state index in [1.54, 1.807) is 13.4 Å². The van der Waals surface area contributed by atoms with E-state index in [1.807, 2.05) is 26.0 Å². The lowest BCUT2D eigenvalue weighted by Gasteiger charge is -2.41. The van der Waals surface area contributed by atoms with Gasteiger partial charge in [-0.05, 0) is 67.5 Å². The zero-order valence-electron chi connectivity index (χ0n) is 30.3. The number of hydrogen-bond donors (Lipinski definition) is 0. The van der Waals surface area contributed by atoms with E-state index in [4.69, 9.17) is 22.7 Å². The minimum Gasteiger partial charge on any atom is -0.460 e. The number of hydrogen-bond acceptors (Lipinski definition) is 7. The van der Waals surface area contributed by atoms with Crippen molar-refractivity contribution in [3.8, 4) is 0 Å². The second-order valence-corrected chi connectivity index (χ2v) is 24.9. The van der Waals surface area contributed by atoms with Crippen LogP contribution < -0.4 is 0 Å². The highest BCUT2D eigenvalue weighted by atomic mass is 28.4. The molecule has 0 saturated heterocycles. The molecule has 1 aromatic rings. The minimum atomic E-state index is -2.19. The van der Waals surface area contributed by atoms with Crippen molar-refractivity contribution in [1.82, 2.24) is 4.98 Å². The molecular formula is C35H63NO6Si2. The van der Waals surface area contributed by atoms with Gasteiger partial charge >= 0.3 is 5.97 Å². The molecule has 0 aliphatic rings. The van der Waals surface area contributed by atoms with Gasteiger partial charge in [-0.25, -0.2) is 9.78 Å². The minimum absolute atomic E-state index is 0.00963. The first-order chi connectivity index (χ1) is 20.0. The summed E-state index contributed by atoms with van der Waals surface area (Å²) in [5.41, 5.74) is 1.68. The van der Waals surface area contributed by atoms with E-state index in [2.05, 4.69) is 92.8 Å². The summed E-state index contributed by atoms with van der Waals surface area (Å²) in [5, 5.41) is 0.0687. The van der Waals surface area contributed by atoms with Gasteiger partial charge in [-0.15, -0.1) is 6.58 Å². The van der Waals surface area contributed by atoms with Crippen LogP contribution in [0.25, 0.3) is 5.57 Å². The number of carbonyl (C=O) groups excluding carboxylic acids is 1. The number of aromatic nitrogens is 1. The van der Waals surface area contributed by atoms with Crippen LogP contribution in [0.2, 0.25) is 36.3 Å². The zero-order valence-corrected chi connectivity index (χ0v) is 32.3. The van der Waals surface area contributed by atoms with E-state index in [9.17, 15) is 4.79 Å². The topological polar surface area (TPSA) is 80.0 Å². The molecule has 1 aromatic heterocycles. The van der Waals surface area contributed by atoms with Crippen molar-refractivity contribution in [3.05, 3.63) is 49.2 Å². The third kappa shape index (κ3) is 12.5. The van der Waals surface area contributed by atoms with Gasteiger partial charge in [0.05, 0.1) is 12.2 Å². The predicted octanol–water partition coefficient (Wildman–Crippen LogP) is 9.38. The standard InChI is InChI=1S/C35H63NO6Si2/c1-17-29(41-43(13,14)34(6,7)8)27(5)19-21-33(37)40-24-31(42-44(15,16)35(9,10)11)30(38-12)22-26(4)18-20-32-36-28(23-39-32)25(2)3/h17,19,21,23,26-27,29-31H,1-2,18,20,22,24H2,3-16H3/b21-19+/t26-,27-,29-,30-,31-/m0/s1. The Morgan fingerprint density at radius 3 is 2.07 bits per heavy atom. The lowest BCUT2D eigenvalue weighted by molar-refractivity contribution is -0.143. The maximum atomic E-state index is 12.9. The highest BCUT2D eigenvalue weighted by molar-refractivity contribution is 6.74. The molecule has 252 valence electrons. The van der Waals surface area contributed by atoms with Crippen LogP contribution in [0.1, 0.15) is 86.7 Å². The summed E-state index contributed by atoms with van der Waals surface area (Å²) >= 11 is 0. The molecule has 0 aromatic carbocycles. The maximum absolute atomic E-state index is 12.9. The van der Waals surface area contributed by atoms with Crippen molar-refractivity contribution in [2.24, 2.45) is 11.8 Å². The first-order valence-corrected chi connectivity index (χ1v) is 21.8. The number of oxazole rings is 1. The highest BCUT2D eigenvalue weighted by Gasteiger charge is 2.42. The summed E-state index contributed by atoms with van der Waals surface area (Å²) in [6.45, 7) is 36.3. The van der Waals surface area contributed by atoms with Crippen molar-refractivity contribution in [1.29, 1.82) is 0 Å². The second-order valence-electron chi connectivity index (χ2n) is 15.4. The highest BCUT2D eigenvalue weighted by Crippen LogP contribution is 2.39. The van der Waals surface area contributed by atoms with E-state index < -0.39 is 28.7 Å². The predicted molar refractivity (Wildman–Crippen MR) is 188 cm³/mol. The van der Waals surface area contributed by atoms with Crippen molar-refractivity contribution in [3.63, 3.8) is 0 Å². The molecule has 9 heteroatoms. The molecule has 0 radical (unpaired) electrons. The van der Waals surface area contributed by atoms with Gasteiger partial charge in [0.25, 0.3) is 0 Å². The number of carbonyl (C=O) groups is 1. The third-order valence-electron chi connectivity index (χ3n) is 9.36. The van der Waals surface area contributed by atoms with Gasteiger partial charge < -0.3 is 22.7 Å². The first-order valence-electron chi connectivity index (χ1n) is 16.0. The quantitative estimate of drug-likeness (QED) is 0.0678. The van der Waals surface area contributed by atoms with Crippen LogP contribution in [0.5, 0.6) is 0 Å². The van der Waals surface area contributed by atoms with Crippen LogP contribution >= 0.6 is 0 Å². The number of ether oxygens (including phenoxy) is 2. The Kier molecular flexibility index (Phi) is 15.3. The van der Waals surface area contributed by atoms with Gasteiger partial charge in [0.1, 0.15) is 24.7 Å². The molecule has 7 nitrogen and oxygen atoms in total. The fraction of sp³-hybridized carbons (Fsp3) is 0.714. The molecule has 0 aliphatic heterocycles. The molecule has 0 saturated carbocycles. The molecule has 0 aliphatic carbocycles. The van der Waals surface area contributed by atoms with Crippen molar-refractivity contribution >= 4 is 28.2 Å². The lowest BCUT2D eigenvalue weighted by Crippen LogP contribution is -2.49. The number of allylic oxidation sites excluding steroid dienone is 1. The SMILES string of the molecule is C=C[C@H](O[Si](C)(C)C(C)(C)C)[C@@H](C)/C=C/C(=O)OC[C@H](O[Si](C)(C)C(C)(C)C)[C@H](C[C@@H](C)CCc1nc(C(=C)C)co1)OC. The van der Waals surface area contributed by atoms with Gasteiger partial charge in [-0.2, -0.15) is 0 Å². The molecule has 1 heterocycles. The molecule has 0 unspecified atom stereocenters. The summed E-state index contributed by atoms with van der Waals surface area (Å²) in [7, 11) is -2.48. The van der Waals surface area contributed by atoms with Gasteiger partial charge in [0.15, 0.2) is 22.5 Å². The third-order valence-corrected chi connectivity index (χ3v) is 18.3. The number of aryl methyl sites for hydroxylation is 1. The van der Waals surface area contributed by atoms with Gasteiger partial charge in [0.2, 0.25) is 0 Å². The van der Waals surface area contributed by atoms with Crippen LogP contribution in [-0.4, -0.2) is 59.6 Å². The smallest absolute Gasteiger partial charge is 0.330 e. The monoisotopic (exact) mass is 649 g/mol. The molecule has 0 amide bonds. The fourth-order valence-electron chi connectivity index (χ4n) is 4.12. The van der Waals surface area contributed by atoms with E-state index in [1.165, 1.54) is 6.08 Å². The van der Waals surface area contributed by atoms with E-state index in [0.29, 0.717) is 11.8 Å². The summed E-state index contributed by atoms with van der Waals surface area (Å²) in [6.07, 6.45) is 8.38. The van der Waals surface area contributed by atoms with Crippen LogP contribution in [0.3, 0.4) is 0 Å². The average Bonchev–Trinajstić information content (AvgIpc) is 3.38. The van der Waals surface area contributed by atoms with Crippen molar-refractivity contribution < 1.29 is 27.5 Å². The Morgan fingerprint density at radius 1 is 1.02 bits per heavy atom. The number of nitrogens with zero attached hydrogens (tertiary/aromatic N) is 1. The molecule has 0 bridgehead atoms. The Bertz CT molecular complexity index is 1100. The molecule has 0 N–H and O–H groups in total. The van der Waals surface area contributed by atoms with Crippen LogP contribution in [0.15, 0.2) is 42.1 Å². The molecule has 0 spiro atoms. The Labute approximate surface area is 271 Å². The Morgan fingerprint density at radius 2 is 1.59 bits per heavy atom. The molecule has 44 heavy (non-hydrogen) atoms. The lowest BCUT2D eigenvalue weighted by atomic mass is 9.96. The summed E-state index contributed by atoms with van der Waals surface area (Å²) in [4.78, 5) is 17.5. The van der Waals surface area contributed by atoms with Gasteiger partial charge in [-0.3, -0.25) is 0 Å². The van der Waals surface area contributed by atoms with E-state index in [-0.39, 0.29) is 34.8 Å². The van der Waals surface area contributed by atoms with Crippen molar-refractivity contribution in [2.45, 2.75) is 136 Å². The average molecular weight is 650 g/mol. The molecule has 0 fully saturated rings. The van der Waals surface area contributed by atoms with Crippen LogP contribution in [0.4, 0.5) is 0 Å². The number of esters is 1. The van der Waals surface area contributed by atoms with Crippen LogP contribution in [0, 0.1) is 11.8 Å². The first kappa shape index (κ1) is 40.2. The van der Waals surface area contributed by atoms with Crippen molar-refractivity contribution in [2.75, 3.05) is 13.7 Å².